The minimum atomic E-state index is -3.66. The van der Waals surface area contributed by atoms with E-state index in [1.54, 1.807) is 12.1 Å². The van der Waals surface area contributed by atoms with E-state index < -0.39 is 15.8 Å². The van der Waals surface area contributed by atoms with Gasteiger partial charge in [0, 0.05) is 11.6 Å². The zero-order chi connectivity index (χ0) is 14.8. The molecule has 0 spiro atoms. The van der Waals surface area contributed by atoms with Gasteiger partial charge in [0.15, 0.2) is 0 Å². The smallest absolute Gasteiger partial charge is 0.207 e. The summed E-state index contributed by atoms with van der Waals surface area (Å²) in [7, 11) is -3.66. The standard InChI is InChI=1S/C14H13ClFNO2S/c1-10-2-3-11(8-14(10)15)9-17-20(18,19)13-6-4-12(16)5-7-13/h2-8,17H,9H2,1H3. The second-order valence-electron chi connectivity index (χ2n) is 4.36. The Kier molecular flexibility index (Phi) is 4.42. The minimum absolute atomic E-state index is 0.0251. The highest BCUT2D eigenvalue weighted by atomic mass is 35.5. The molecule has 0 bridgehead atoms. The molecule has 2 aromatic rings. The average Bonchev–Trinajstić information content (AvgIpc) is 2.41. The number of aryl methyl sites for hydroxylation is 1. The van der Waals surface area contributed by atoms with Crippen molar-refractivity contribution in [1.29, 1.82) is 0 Å². The van der Waals surface area contributed by atoms with Crippen LogP contribution in [0.4, 0.5) is 4.39 Å². The minimum Gasteiger partial charge on any atom is -0.207 e. The van der Waals surface area contributed by atoms with E-state index in [1.165, 1.54) is 12.1 Å². The van der Waals surface area contributed by atoms with Gasteiger partial charge in [0.1, 0.15) is 5.82 Å². The maximum atomic E-state index is 12.8. The van der Waals surface area contributed by atoms with Crippen molar-refractivity contribution in [2.45, 2.75) is 18.4 Å². The van der Waals surface area contributed by atoms with Gasteiger partial charge in [-0.1, -0.05) is 23.7 Å². The molecule has 2 aromatic carbocycles. The summed E-state index contributed by atoms with van der Waals surface area (Å²) in [6.45, 7) is 1.99. The van der Waals surface area contributed by atoms with Gasteiger partial charge in [-0.2, -0.15) is 0 Å². The molecule has 2 rings (SSSR count). The second-order valence-corrected chi connectivity index (χ2v) is 6.54. The molecule has 0 unspecified atom stereocenters. The predicted octanol–water partition coefficient (Wildman–Crippen LogP) is 3.27. The normalized spacial score (nSPS) is 11.6. The summed E-state index contributed by atoms with van der Waals surface area (Å²) in [5, 5.41) is 0.587. The van der Waals surface area contributed by atoms with E-state index in [1.807, 2.05) is 13.0 Å². The third-order valence-electron chi connectivity index (χ3n) is 2.83. The van der Waals surface area contributed by atoms with Crippen LogP contribution < -0.4 is 4.72 Å². The zero-order valence-electron chi connectivity index (χ0n) is 10.7. The monoisotopic (exact) mass is 313 g/mol. The Morgan fingerprint density at radius 1 is 1.15 bits per heavy atom. The SMILES string of the molecule is Cc1ccc(CNS(=O)(=O)c2ccc(F)cc2)cc1Cl. The third kappa shape index (κ3) is 3.56. The molecule has 0 aliphatic heterocycles. The Hall–Kier alpha value is -1.43. The van der Waals surface area contributed by atoms with Crippen LogP contribution >= 0.6 is 11.6 Å². The van der Waals surface area contributed by atoms with Crippen LogP contribution in [0.15, 0.2) is 47.4 Å². The zero-order valence-corrected chi connectivity index (χ0v) is 12.3. The molecule has 0 amide bonds. The number of hydrogen-bond donors (Lipinski definition) is 1. The van der Waals surface area contributed by atoms with Gasteiger partial charge in [-0.15, -0.1) is 0 Å². The van der Waals surface area contributed by atoms with Crippen LogP contribution in [0.1, 0.15) is 11.1 Å². The van der Waals surface area contributed by atoms with Gasteiger partial charge in [0.05, 0.1) is 4.90 Å². The van der Waals surface area contributed by atoms with E-state index in [-0.39, 0.29) is 11.4 Å². The van der Waals surface area contributed by atoms with Crippen molar-refractivity contribution in [1.82, 2.24) is 4.72 Å². The van der Waals surface area contributed by atoms with Crippen LogP contribution in [0.5, 0.6) is 0 Å². The highest BCUT2D eigenvalue weighted by Gasteiger charge is 2.13. The third-order valence-corrected chi connectivity index (χ3v) is 4.65. The Morgan fingerprint density at radius 3 is 2.40 bits per heavy atom. The molecule has 0 aliphatic carbocycles. The van der Waals surface area contributed by atoms with Crippen molar-refractivity contribution < 1.29 is 12.8 Å². The molecule has 106 valence electrons. The van der Waals surface area contributed by atoms with Gasteiger partial charge in [0.25, 0.3) is 0 Å². The molecule has 3 nitrogen and oxygen atoms in total. The number of nitrogens with one attached hydrogen (secondary N) is 1. The lowest BCUT2D eigenvalue weighted by atomic mass is 10.1. The first-order valence-corrected chi connectivity index (χ1v) is 7.75. The lowest BCUT2D eigenvalue weighted by Crippen LogP contribution is -2.23. The number of halogens is 2. The van der Waals surface area contributed by atoms with E-state index in [0.717, 1.165) is 23.3 Å². The van der Waals surface area contributed by atoms with Crippen molar-refractivity contribution in [3.8, 4) is 0 Å². The van der Waals surface area contributed by atoms with E-state index in [0.29, 0.717) is 5.02 Å². The van der Waals surface area contributed by atoms with Gasteiger partial charge in [-0.05, 0) is 48.4 Å². The van der Waals surface area contributed by atoms with Crippen LogP contribution in [-0.2, 0) is 16.6 Å². The summed E-state index contributed by atoms with van der Waals surface area (Å²) in [5.74, 6) is -0.478. The van der Waals surface area contributed by atoms with Crippen LogP contribution in [0.2, 0.25) is 5.02 Å². The highest BCUT2D eigenvalue weighted by molar-refractivity contribution is 7.89. The fourth-order valence-corrected chi connectivity index (χ4v) is 2.84. The van der Waals surface area contributed by atoms with Gasteiger partial charge < -0.3 is 0 Å². The van der Waals surface area contributed by atoms with Crippen molar-refractivity contribution >= 4 is 21.6 Å². The van der Waals surface area contributed by atoms with Gasteiger partial charge in [-0.25, -0.2) is 17.5 Å². The maximum Gasteiger partial charge on any atom is 0.240 e. The first kappa shape index (κ1) is 15.0. The molecule has 1 N–H and O–H groups in total. The Morgan fingerprint density at radius 2 is 1.80 bits per heavy atom. The second kappa shape index (κ2) is 5.91. The lowest BCUT2D eigenvalue weighted by Gasteiger charge is -2.08. The largest absolute Gasteiger partial charge is 0.240 e. The first-order valence-electron chi connectivity index (χ1n) is 5.89. The number of sulfonamides is 1. The Labute approximate surface area is 122 Å². The molecule has 6 heteroatoms. The molecule has 20 heavy (non-hydrogen) atoms. The topological polar surface area (TPSA) is 46.2 Å². The molecular formula is C14H13ClFNO2S. The summed E-state index contributed by atoms with van der Waals surface area (Å²) in [5.41, 5.74) is 1.68. The van der Waals surface area contributed by atoms with Crippen molar-refractivity contribution in [3.63, 3.8) is 0 Å². The van der Waals surface area contributed by atoms with Crippen LogP contribution in [0.3, 0.4) is 0 Å². The summed E-state index contributed by atoms with van der Waals surface area (Å²) in [4.78, 5) is 0.0251. The number of hydrogen-bond acceptors (Lipinski definition) is 2. The molecule has 0 radical (unpaired) electrons. The summed E-state index contributed by atoms with van der Waals surface area (Å²) < 4.78 is 39.2. The molecule has 0 aromatic heterocycles. The van der Waals surface area contributed by atoms with Crippen LogP contribution in [0, 0.1) is 12.7 Å². The van der Waals surface area contributed by atoms with E-state index in [2.05, 4.69) is 4.72 Å². The van der Waals surface area contributed by atoms with Gasteiger partial charge in [-0.3, -0.25) is 0 Å². The fourth-order valence-electron chi connectivity index (χ4n) is 1.62. The lowest BCUT2D eigenvalue weighted by molar-refractivity contribution is 0.580. The predicted molar refractivity (Wildman–Crippen MR) is 76.6 cm³/mol. The molecule has 0 saturated heterocycles. The van der Waals surface area contributed by atoms with Crippen molar-refractivity contribution in [3.05, 3.63) is 64.4 Å². The van der Waals surface area contributed by atoms with Gasteiger partial charge in [0.2, 0.25) is 10.0 Å². The highest BCUT2D eigenvalue weighted by Crippen LogP contribution is 2.17. The molecule has 0 atom stereocenters. The Bertz CT molecular complexity index is 714. The fraction of sp³-hybridized carbons (Fsp3) is 0.143. The van der Waals surface area contributed by atoms with Crippen LogP contribution in [-0.4, -0.2) is 8.42 Å². The van der Waals surface area contributed by atoms with E-state index in [9.17, 15) is 12.8 Å². The first-order chi connectivity index (χ1) is 9.38. The van der Waals surface area contributed by atoms with Crippen LogP contribution in [0.25, 0.3) is 0 Å². The summed E-state index contributed by atoms with van der Waals surface area (Å²) >= 11 is 5.98. The Balaban J connectivity index is 2.13. The van der Waals surface area contributed by atoms with Crippen molar-refractivity contribution in [2.24, 2.45) is 0 Å². The number of rotatable bonds is 4. The van der Waals surface area contributed by atoms with Crippen molar-refractivity contribution in [2.75, 3.05) is 0 Å². The molecule has 0 aliphatic rings. The van der Waals surface area contributed by atoms with E-state index in [4.69, 9.17) is 11.6 Å². The molecule has 0 saturated carbocycles. The number of benzene rings is 2. The molecule has 0 heterocycles. The quantitative estimate of drug-likeness (QED) is 0.941. The molecular weight excluding hydrogens is 301 g/mol. The molecule has 0 fully saturated rings. The summed E-state index contributed by atoms with van der Waals surface area (Å²) in [6, 6.07) is 10.00. The average molecular weight is 314 g/mol. The summed E-state index contributed by atoms with van der Waals surface area (Å²) in [6.07, 6.45) is 0. The maximum absolute atomic E-state index is 12.8. The van der Waals surface area contributed by atoms with E-state index >= 15 is 0 Å². The van der Waals surface area contributed by atoms with Gasteiger partial charge >= 0.3 is 0 Å².